The summed E-state index contributed by atoms with van der Waals surface area (Å²) < 4.78 is 5.39. The van der Waals surface area contributed by atoms with Gasteiger partial charge in [-0.3, -0.25) is 4.79 Å². The van der Waals surface area contributed by atoms with Crippen LogP contribution in [0.1, 0.15) is 18.9 Å². The van der Waals surface area contributed by atoms with E-state index in [-0.39, 0.29) is 5.91 Å². The Hall–Kier alpha value is -1.81. The van der Waals surface area contributed by atoms with Crippen LogP contribution in [0.3, 0.4) is 0 Å². The number of nitrogens with two attached hydrogens (primary N) is 1. The lowest BCUT2D eigenvalue weighted by molar-refractivity contribution is -0.124. The first kappa shape index (κ1) is 13.6. The summed E-state index contributed by atoms with van der Waals surface area (Å²) in [5.74, 6) is 0.964. The van der Waals surface area contributed by atoms with Crippen molar-refractivity contribution in [3.05, 3.63) is 35.4 Å². The fraction of sp³-hybridized carbons (Fsp3) is 0.400. The number of ether oxygens (including phenoxy) is 1. The van der Waals surface area contributed by atoms with E-state index < -0.39 is 0 Å². The van der Waals surface area contributed by atoms with Crippen molar-refractivity contribution >= 4 is 12.0 Å². The summed E-state index contributed by atoms with van der Waals surface area (Å²) in [6.45, 7) is 4.55. The monoisotopic (exact) mass is 260 g/mol. The number of likely N-dealkylation sites (tertiary alicyclic amines) is 1. The number of amides is 1. The van der Waals surface area contributed by atoms with Crippen LogP contribution >= 0.6 is 0 Å². The zero-order chi connectivity index (χ0) is 13.7. The van der Waals surface area contributed by atoms with Crippen LogP contribution in [0.2, 0.25) is 0 Å². The number of nitrogens with zero attached hydrogens (tertiary/aromatic N) is 1. The van der Waals surface area contributed by atoms with Gasteiger partial charge in [-0.25, -0.2) is 0 Å². The summed E-state index contributed by atoms with van der Waals surface area (Å²) in [5.41, 5.74) is 7.37. The van der Waals surface area contributed by atoms with Crippen LogP contribution in [0.4, 0.5) is 0 Å². The molecule has 0 aliphatic carbocycles. The molecule has 0 saturated carbocycles. The number of hydrogen-bond donors (Lipinski definition) is 1. The maximum Gasteiger partial charge on any atom is 0.249 e. The summed E-state index contributed by atoms with van der Waals surface area (Å²) >= 11 is 0. The molecule has 1 heterocycles. The van der Waals surface area contributed by atoms with E-state index in [1.165, 1.54) is 0 Å². The second kappa shape index (κ2) is 6.38. The van der Waals surface area contributed by atoms with Crippen LogP contribution in [0.15, 0.2) is 29.8 Å². The van der Waals surface area contributed by atoms with Crippen molar-refractivity contribution in [2.45, 2.75) is 13.3 Å². The molecule has 1 saturated heterocycles. The molecule has 1 aromatic rings. The molecule has 0 unspecified atom stereocenters. The van der Waals surface area contributed by atoms with Gasteiger partial charge < -0.3 is 15.4 Å². The maximum absolute atomic E-state index is 12.0. The Morgan fingerprint density at radius 1 is 1.37 bits per heavy atom. The largest absolute Gasteiger partial charge is 0.494 e. The van der Waals surface area contributed by atoms with Crippen LogP contribution in [0.5, 0.6) is 5.75 Å². The molecule has 0 bridgehead atoms. The third-order valence-electron chi connectivity index (χ3n) is 3.14. The highest BCUT2D eigenvalue weighted by Crippen LogP contribution is 2.21. The molecule has 0 aromatic heterocycles. The Bertz CT molecular complexity index is 466. The van der Waals surface area contributed by atoms with Gasteiger partial charge in [-0.2, -0.15) is 0 Å². The SMILES string of the molecule is CCOc1ccc(C=C2CCN(CCN)C2=O)cc1. The first-order valence-electron chi connectivity index (χ1n) is 6.67. The standard InChI is InChI=1S/C15H20N2O2/c1-2-19-14-5-3-12(4-6-14)11-13-7-9-17(10-8-16)15(13)18/h3-6,11H,2,7-10,16H2,1H3. The molecule has 1 aliphatic rings. The van der Waals surface area contributed by atoms with Crippen LogP contribution in [0, 0.1) is 0 Å². The average Bonchev–Trinajstić information content (AvgIpc) is 2.75. The highest BCUT2D eigenvalue weighted by atomic mass is 16.5. The van der Waals surface area contributed by atoms with Crippen molar-refractivity contribution in [1.82, 2.24) is 4.90 Å². The predicted octanol–water partition coefficient (Wildman–Crippen LogP) is 1.66. The third-order valence-corrected chi connectivity index (χ3v) is 3.14. The minimum atomic E-state index is 0.110. The van der Waals surface area contributed by atoms with Crippen molar-refractivity contribution in [3.8, 4) is 5.75 Å². The Balaban J connectivity index is 2.07. The lowest BCUT2D eigenvalue weighted by atomic mass is 10.1. The van der Waals surface area contributed by atoms with Gasteiger partial charge in [0.2, 0.25) is 5.91 Å². The maximum atomic E-state index is 12.0. The van der Waals surface area contributed by atoms with E-state index in [1.54, 1.807) is 4.90 Å². The van der Waals surface area contributed by atoms with E-state index >= 15 is 0 Å². The minimum absolute atomic E-state index is 0.110. The Kier molecular flexibility index (Phi) is 4.58. The molecule has 2 N–H and O–H groups in total. The smallest absolute Gasteiger partial charge is 0.249 e. The highest BCUT2D eigenvalue weighted by molar-refractivity contribution is 5.99. The van der Waals surface area contributed by atoms with Gasteiger partial charge in [0.25, 0.3) is 0 Å². The van der Waals surface area contributed by atoms with Gasteiger partial charge in [-0.05, 0) is 37.1 Å². The van der Waals surface area contributed by atoms with Gasteiger partial charge in [0, 0.05) is 25.2 Å². The minimum Gasteiger partial charge on any atom is -0.494 e. The van der Waals surface area contributed by atoms with Gasteiger partial charge in [-0.15, -0.1) is 0 Å². The molecule has 1 aromatic carbocycles. The summed E-state index contributed by atoms with van der Waals surface area (Å²) in [5, 5.41) is 0. The summed E-state index contributed by atoms with van der Waals surface area (Å²) in [6.07, 6.45) is 2.75. The second-order valence-corrected chi connectivity index (χ2v) is 4.50. The fourth-order valence-electron chi connectivity index (χ4n) is 2.20. The van der Waals surface area contributed by atoms with Gasteiger partial charge >= 0.3 is 0 Å². The van der Waals surface area contributed by atoms with Gasteiger partial charge in [0.05, 0.1) is 6.61 Å². The molecule has 1 fully saturated rings. The molecule has 0 spiro atoms. The van der Waals surface area contributed by atoms with E-state index in [2.05, 4.69) is 0 Å². The Labute approximate surface area is 113 Å². The predicted molar refractivity (Wildman–Crippen MR) is 75.8 cm³/mol. The van der Waals surface area contributed by atoms with Crippen LogP contribution in [-0.4, -0.2) is 37.0 Å². The van der Waals surface area contributed by atoms with Crippen molar-refractivity contribution in [2.75, 3.05) is 26.2 Å². The molecule has 4 heteroatoms. The summed E-state index contributed by atoms with van der Waals surface area (Å²) in [4.78, 5) is 13.9. The van der Waals surface area contributed by atoms with Gasteiger partial charge in [-0.1, -0.05) is 12.1 Å². The Morgan fingerprint density at radius 3 is 2.74 bits per heavy atom. The molecular weight excluding hydrogens is 240 g/mol. The van der Waals surface area contributed by atoms with Crippen LogP contribution in [0.25, 0.3) is 6.08 Å². The molecule has 0 atom stereocenters. The van der Waals surface area contributed by atoms with E-state index in [0.717, 1.165) is 29.9 Å². The number of benzene rings is 1. The topological polar surface area (TPSA) is 55.6 Å². The Morgan fingerprint density at radius 2 is 2.11 bits per heavy atom. The number of rotatable bonds is 5. The first-order valence-corrected chi connectivity index (χ1v) is 6.67. The van der Waals surface area contributed by atoms with Gasteiger partial charge in [0.1, 0.15) is 5.75 Å². The molecule has 102 valence electrons. The van der Waals surface area contributed by atoms with E-state index in [9.17, 15) is 4.79 Å². The normalized spacial score (nSPS) is 17.3. The first-order chi connectivity index (χ1) is 9.24. The number of carbonyl (C=O) groups excluding carboxylic acids is 1. The van der Waals surface area contributed by atoms with Crippen LogP contribution < -0.4 is 10.5 Å². The fourth-order valence-corrected chi connectivity index (χ4v) is 2.20. The molecule has 0 radical (unpaired) electrons. The average molecular weight is 260 g/mol. The lowest BCUT2D eigenvalue weighted by Gasteiger charge is -2.12. The van der Waals surface area contributed by atoms with E-state index in [0.29, 0.717) is 19.7 Å². The number of carbonyl (C=O) groups is 1. The van der Waals surface area contributed by atoms with E-state index in [4.69, 9.17) is 10.5 Å². The van der Waals surface area contributed by atoms with Crippen molar-refractivity contribution in [2.24, 2.45) is 5.73 Å². The van der Waals surface area contributed by atoms with Crippen molar-refractivity contribution in [3.63, 3.8) is 0 Å². The highest BCUT2D eigenvalue weighted by Gasteiger charge is 2.24. The third kappa shape index (κ3) is 3.35. The summed E-state index contributed by atoms with van der Waals surface area (Å²) in [6, 6.07) is 7.79. The molecule has 1 aliphatic heterocycles. The zero-order valence-electron chi connectivity index (χ0n) is 11.3. The van der Waals surface area contributed by atoms with Crippen molar-refractivity contribution in [1.29, 1.82) is 0 Å². The van der Waals surface area contributed by atoms with Crippen molar-refractivity contribution < 1.29 is 9.53 Å². The van der Waals surface area contributed by atoms with Gasteiger partial charge in [0.15, 0.2) is 0 Å². The summed E-state index contributed by atoms with van der Waals surface area (Å²) in [7, 11) is 0. The second-order valence-electron chi connectivity index (χ2n) is 4.50. The molecular formula is C15H20N2O2. The molecule has 19 heavy (non-hydrogen) atoms. The quantitative estimate of drug-likeness (QED) is 0.819. The number of hydrogen-bond acceptors (Lipinski definition) is 3. The van der Waals surface area contributed by atoms with E-state index in [1.807, 2.05) is 37.3 Å². The lowest BCUT2D eigenvalue weighted by Crippen LogP contribution is -2.30. The molecule has 1 amide bonds. The van der Waals surface area contributed by atoms with Crippen LogP contribution in [-0.2, 0) is 4.79 Å². The zero-order valence-corrected chi connectivity index (χ0v) is 11.3. The molecule has 2 rings (SSSR count). The molecule has 4 nitrogen and oxygen atoms in total.